The van der Waals surface area contributed by atoms with Crippen molar-refractivity contribution < 1.29 is 32.4 Å². The van der Waals surface area contributed by atoms with Gasteiger partial charge in [-0.15, -0.1) is 0 Å². The summed E-state index contributed by atoms with van der Waals surface area (Å²) in [4.78, 5) is 10.8. The summed E-state index contributed by atoms with van der Waals surface area (Å²) in [5.74, 6) is 0.493. The van der Waals surface area contributed by atoms with E-state index in [2.05, 4.69) is 0 Å². The summed E-state index contributed by atoms with van der Waals surface area (Å²) in [7, 11) is 3.56. The molecule has 0 amide bonds. The van der Waals surface area contributed by atoms with E-state index in [4.69, 9.17) is 34.1 Å². The first-order valence-corrected chi connectivity index (χ1v) is 10.2. The van der Waals surface area contributed by atoms with E-state index in [9.17, 15) is 10.1 Å². The summed E-state index contributed by atoms with van der Waals surface area (Å²) in [6, 6.07) is 3.43. The van der Waals surface area contributed by atoms with Crippen LogP contribution in [0.3, 0.4) is 0 Å². The van der Waals surface area contributed by atoms with Crippen LogP contribution >= 0.6 is 0 Å². The summed E-state index contributed by atoms with van der Waals surface area (Å²) in [6.07, 6.45) is 2.45. The van der Waals surface area contributed by atoms with Gasteiger partial charge in [0.1, 0.15) is 0 Å². The monoisotopic (exact) mass is 667 g/mol. The Hall–Kier alpha value is -2.98. The van der Waals surface area contributed by atoms with E-state index in [1.165, 1.54) is 19.2 Å². The number of rotatable bonds is 14. The predicted octanol–water partition coefficient (Wildman–Crippen LogP) is 3.10. The third-order valence-corrected chi connectivity index (χ3v) is 6.80. The maximum absolute atomic E-state index is 11.3. The second-order valence-corrected chi connectivity index (χ2v) is 8.54. The molecule has 0 aliphatic carbocycles. The fourth-order valence-electron chi connectivity index (χ4n) is 2.49. The van der Waals surface area contributed by atoms with Crippen molar-refractivity contribution in [2.45, 2.75) is 25.5 Å². The first-order chi connectivity index (χ1) is 13.0. The number of nitro groups is 1. The minimum absolute atomic E-state index is 0. The molecule has 0 unspecified atom stereocenters. The van der Waals surface area contributed by atoms with E-state index in [0.717, 1.165) is 19.1 Å². The zero-order chi connectivity index (χ0) is 20.3. The molecule has 1 rings (SSSR count). The zero-order valence-electron chi connectivity index (χ0n) is 16.8. The maximum Gasteiger partial charge on any atom is 0.500 e. The third kappa shape index (κ3) is 6.63. The largest absolute Gasteiger partial charge is 0.500 e. The van der Waals surface area contributed by atoms with Gasteiger partial charge in [-0.05, 0) is 18.9 Å². The Morgan fingerprint density at radius 2 is 1.75 bits per heavy atom. The van der Waals surface area contributed by atoms with Crippen LogP contribution in [0.2, 0.25) is 6.04 Å². The SMILES string of the molecule is [CH-]=COc1cc([N+](=O)[O-])c(COCCCC[Si](OC)(OC)OC)cc1OC.[Rf]. The Morgan fingerprint density at radius 3 is 2.25 bits per heavy atom. The second kappa shape index (κ2) is 12.4. The van der Waals surface area contributed by atoms with Crippen molar-refractivity contribution in [3.05, 3.63) is 40.7 Å². The van der Waals surface area contributed by atoms with Crippen LogP contribution in [-0.4, -0.2) is 48.8 Å². The van der Waals surface area contributed by atoms with Gasteiger partial charge in [-0.1, -0.05) is 6.26 Å². The van der Waals surface area contributed by atoms with Crippen LogP contribution in [0.4, 0.5) is 5.69 Å². The second-order valence-electron chi connectivity index (χ2n) is 5.45. The van der Waals surface area contributed by atoms with E-state index < -0.39 is 13.7 Å². The smallest absolute Gasteiger partial charge is 0.498 e. The maximum atomic E-state index is 11.3. The molecule has 0 aromatic heterocycles. The van der Waals surface area contributed by atoms with Crippen molar-refractivity contribution in [2.75, 3.05) is 35.0 Å². The van der Waals surface area contributed by atoms with Gasteiger partial charge in [0.25, 0.3) is 5.69 Å². The number of hydrogen-bond acceptors (Lipinski definition) is 8. The molecular formula is C17H26NO8RfSi-. The summed E-state index contributed by atoms with van der Waals surface area (Å²) < 4.78 is 31.9. The molecule has 0 saturated carbocycles. The van der Waals surface area contributed by atoms with E-state index in [1.54, 1.807) is 21.3 Å². The van der Waals surface area contributed by atoms with Gasteiger partial charge in [0.15, 0.2) is 11.5 Å². The van der Waals surface area contributed by atoms with Crippen molar-refractivity contribution in [3.63, 3.8) is 0 Å². The standard InChI is InChI=1S/C17H26NO8Si.Rf/c1-6-26-17-12-15(18(19)20)14(11-16(17)21-2)13-25-9-7-8-10-27(22-3,23-4)24-5;/h1,6,11-12H,7-10,13H2,2-5H3;/q-1;. The number of methoxy groups -OCH3 is 1. The summed E-state index contributed by atoms with van der Waals surface area (Å²) >= 11 is 0. The molecule has 28 heavy (non-hydrogen) atoms. The number of nitrogens with zero attached hydrogens (tertiary/aromatic N) is 1. The molecule has 0 aliphatic heterocycles. The first kappa shape index (κ1) is 25.0. The fourth-order valence-corrected chi connectivity index (χ4v) is 4.28. The van der Waals surface area contributed by atoms with Crippen molar-refractivity contribution in [1.82, 2.24) is 0 Å². The van der Waals surface area contributed by atoms with Crippen LogP contribution in [0.1, 0.15) is 18.4 Å². The van der Waals surface area contributed by atoms with Crippen LogP contribution in [0.25, 0.3) is 0 Å². The van der Waals surface area contributed by atoms with Crippen molar-refractivity contribution >= 4 is 14.5 Å². The van der Waals surface area contributed by atoms with Crippen LogP contribution in [0.5, 0.6) is 11.5 Å². The first-order valence-electron chi connectivity index (χ1n) is 8.25. The summed E-state index contributed by atoms with van der Waals surface area (Å²) in [6.45, 7) is 5.71. The number of ether oxygens (including phenoxy) is 3. The molecule has 0 spiro atoms. The molecule has 0 heterocycles. The molecule has 0 N–H and O–H groups in total. The minimum atomic E-state index is -2.58. The van der Waals surface area contributed by atoms with Gasteiger partial charge in [-0.3, -0.25) is 10.1 Å². The third-order valence-electron chi connectivity index (χ3n) is 3.97. The minimum Gasteiger partial charge on any atom is -0.498 e. The molecule has 0 fully saturated rings. The molecule has 1 aromatic carbocycles. The van der Waals surface area contributed by atoms with Gasteiger partial charge in [0.2, 0.25) is 0 Å². The number of nitro benzene ring substituents is 1. The van der Waals surface area contributed by atoms with Crippen molar-refractivity contribution in [2.24, 2.45) is 0 Å². The topological polar surface area (TPSA) is 98.5 Å². The number of hydrogen-bond donors (Lipinski definition) is 0. The fraction of sp³-hybridized carbons (Fsp3) is 0.529. The number of benzene rings is 1. The van der Waals surface area contributed by atoms with Gasteiger partial charge >= 0.3 is 8.80 Å². The van der Waals surface area contributed by atoms with Gasteiger partial charge in [0.05, 0.1) is 30.3 Å². The van der Waals surface area contributed by atoms with E-state index in [-0.39, 0.29) is 18.0 Å². The van der Waals surface area contributed by atoms with Crippen molar-refractivity contribution in [1.29, 1.82) is 0 Å². The van der Waals surface area contributed by atoms with E-state index >= 15 is 0 Å². The summed E-state index contributed by atoms with van der Waals surface area (Å²) in [5, 5.41) is 11.3. The van der Waals surface area contributed by atoms with Gasteiger partial charge in [-0.25, -0.2) is 0 Å². The normalized spacial score (nSPS) is 10.9. The van der Waals surface area contributed by atoms with Crippen LogP contribution < -0.4 is 9.47 Å². The molecule has 0 atom stereocenters. The molecule has 154 valence electrons. The van der Waals surface area contributed by atoms with Gasteiger partial charge in [0, 0.05) is 34.0 Å². The van der Waals surface area contributed by atoms with Crippen LogP contribution in [0, 0.1) is 16.7 Å². The predicted molar refractivity (Wildman–Crippen MR) is 99.6 cm³/mol. The van der Waals surface area contributed by atoms with Gasteiger partial charge in [-0.2, -0.15) is 0 Å². The van der Waals surface area contributed by atoms with Crippen LogP contribution in [0.15, 0.2) is 18.4 Å². The Labute approximate surface area is 160 Å². The molecule has 0 aliphatic rings. The Bertz CT molecular complexity index is 619. The molecule has 0 saturated heterocycles. The number of unbranched alkanes of at least 4 members (excludes halogenated alkanes) is 1. The molecule has 11 heteroatoms. The Kier molecular flexibility index (Phi) is 11.1. The van der Waals surface area contributed by atoms with Crippen LogP contribution in [-0.2, 0) is 24.6 Å². The average Bonchev–Trinajstić information content (AvgIpc) is 2.68. The quantitative estimate of drug-likeness (QED) is 0.0747. The molecule has 1 aromatic rings. The van der Waals surface area contributed by atoms with E-state index in [1.807, 2.05) is 0 Å². The van der Waals surface area contributed by atoms with Gasteiger partial charge < -0.3 is 34.1 Å². The zero-order valence-corrected chi connectivity index (χ0v) is 24.2. The molecule has 0 bridgehead atoms. The Balaban J connectivity index is 0.00000729. The molecule has 0 radical (unpaired) electrons. The Morgan fingerprint density at radius 1 is 1.11 bits per heavy atom. The van der Waals surface area contributed by atoms with E-state index in [0.29, 0.717) is 24.0 Å². The molecule has 9 nitrogen and oxygen atoms in total. The molecular weight excluding hydrogens is 641 g/mol. The average molecular weight is 667 g/mol. The summed E-state index contributed by atoms with van der Waals surface area (Å²) in [5.41, 5.74) is 0.257. The van der Waals surface area contributed by atoms with Crippen molar-refractivity contribution in [3.8, 4) is 11.5 Å².